The maximum Gasteiger partial charge on any atom is 0.266 e. The van der Waals surface area contributed by atoms with Crippen LogP contribution in [0, 0.1) is 11.3 Å². The lowest BCUT2D eigenvalue weighted by atomic mass is 10.0. The molecule has 1 amide bonds. The molecule has 0 aliphatic rings. The fourth-order valence-corrected chi connectivity index (χ4v) is 2.14. The number of carbonyl (C=O) groups is 1. The van der Waals surface area contributed by atoms with E-state index in [0.717, 1.165) is 12.0 Å². The van der Waals surface area contributed by atoms with Gasteiger partial charge in [-0.3, -0.25) is 4.79 Å². The Kier molecular flexibility index (Phi) is 5.54. The van der Waals surface area contributed by atoms with E-state index in [1.807, 2.05) is 49.4 Å². The molecule has 0 heterocycles. The minimum atomic E-state index is -0.442. The first-order valence-electron chi connectivity index (χ1n) is 7.33. The number of carbonyl (C=O) groups excluding carboxylic acids is 1. The summed E-state index contributed by atoms with van der Waals surface area (Å²) in [6, 6.07) is 16.7. The maximum absolute atomic E-state index is 12.3. The summed E-state index contributed by atoms with van der Waals surface area (Å²) < 4.78 is 5.30. The lowest BCUT2D eigenvalue weighted by Crippen LogP contribution is -2.13. The summed E-state index contributed by atoms with van der Waals surface area (Å²) in [7, 11) is 1.56. The first kappa shape index (κ1) is 16.3. The van der Waals surface area contributed by atoms with E-state index in [1.165, 1.54) is 0 Å². The average molecular weight is 306 g/mol. The van der Waals surface area contributed by atoms with Gasteiger partial charge in [0.25, 0.3) is 5.91 Å². The molecule has 0 saturated heterocycles. The van der Waals surface area contributed by atoms with Crippen molar-refractivity contribution in [2.24, 2.45) is 0 Å². The fourth-order valence-electron chi connectivity index (χ4n) is 2.14. The van der Waals surface area contributed by atoms with Crippen molar-refractivity contribution in [1.82, 2.24) is 0 Å². The van der Waals surface area contributed by atoms with Crippen LogP contribution in [0.3, 0.4) is 0 Å². The van der Waals surface area contributed by atoms with Gasteiger partial charge in [0.1, 0.15) is 17.4 Å². The van der Waals surface area contributed by atoms with Gasteiger partial charge < -0.3 is 10.1 Å². The number of rotatable bonds is 5. The van der Waals surface area contributed by atoms with Crippen LogP contribution in [0.4, 0.5) is 5.69 Å². The van der Waals surface area contributed by atoms with Crippen LogP contribution in [-0.2, 0) is 11.2 Å². The SMILES string of the molecule is CCc1ccc(OC)c(/C=C(\C#N)C(=O)Nc2ccccc2)c1. The number of methoxy groups -OCH3 is 1. The van der Waals surface area contributed by atoms with Crippen LogP contribution in [0.2, 0.25) is 0 Å². The Morgan fingerprint density at radius 2 is 2.00 bits per heavy atom. The first-order chi connectivity index (χ1) is 11.2. The molecule has 4 heteroatoms. The van der Waals surface area contributed by atoms with Crippen molar-refractivity contribution in [3.63, 3.8) is 0 Å². The summed E-state index contributed by atoms with van der Waals surface area (Å²) >= 11 is 0. The zero-order valence-electron chi connectivity index (χ0n) is 13.2. The molecular formula is C19H18N2O2. The molecule has 0 aliphatic carbocycles. The van der Waals surface area contributed by atoms with Gasteiger partial charge in [0.05, 0.1) is 7.11 Å². The Morgan fingerprint density at radius 3 is 2.61 bits per heavy atom. The van der Waals surface area contributed by atoms with Gasteiger partial charge in [-0.15, -0.1) is 0 Å². The minimum absolute atomic E-state index is 0.0282. The third kappa shape index (κ3) is 4.21. The van der Waals surface area contributed by atoms with Crippen molar-refractivity contribution in [3.8, 4) is 11.8 Å². The van der Waals surface area contributed by atoms with E-state index in [-0.39, 0.29) is 5.57 Å². The lowest BCUT2D eigenvalue weighted by Gasteiger charge is -2.08. The van der Waals surface area contributed by atoms with E-state index in [2.05, 4.69) is 5.32 Å². The van der Waals surface area contributed by atoms with Crippen LogP contribution < -0.4 is 10.1 Å². The molecule has 2 rings (SSSR count). The molecule has 23 heavy (non-hydrogen) atoms. The van der Waals surface area contributed by atoms with Crippen molar-refractivity contribution in [2.45, 2.75) is 13.3 Å². The highest BCUT2D eigenvalue weighted by Crippen LogP contribution is 2.23. The van der Waals surface area contributed by atoms with Gasteiger partial charge in [-0.1, -0.05) is 31.2 Å². The number of amides is 1. The number of nitrogens with zero attached hydrogens (tertiary/aromatic N) is 1. The highest BCUT2D eigenvalue weighted by molar-refractivity contribution is 6.09. The van der Waals surface area contributed by atoms with Gasteiger partial charge in [-0.05, 0) is 42.3 Å². The number of nitrogens with one attached hydrogen (secondary N) is 1. The van der Waals surface area contributed by atoms with Crippen LogP contribution in [0.15, 0.2) is 54.1 Å². The van der Waals surface area contributed by atoms with Crippen LogP contribution >= 0.6 is 0 Å². The lowest BCUT2D eigenvalue weighted by molar-refractivity contribution is -0.112. The third-order valence-electron chi connectivity index (χ3n) is 3.40. The predicted octanol–water partition coefficient (Wildman–Crippen LogP) is 3.80. The molecule has 0 aliphatic heterocycles. The second kappa shape index (κ2) is 7.81. The monoisotopic (exact) mass is 306 g/mol. The van der Waals surface area contributed by atoms with E-state index in [0.29, 0.717) is 17.0 Å². The molecule has 0 spiro atoms. The fraction of sp³-hybridized carbons (Fsp3) is 0.158. The number of nitriles is 1. The highest BCUT2D eigenvalue weighted by Gasteiger charge is 2.11. The smallest absolute Gasteiger partial charge is 0.266 e. The van der Waals surface area contributed by atoms with Crippen LogP contribution in [-0.4, -0.2) is 13.0 Å². The molecule has 2 aromatic rings. The van der Waals surface area contributed by atoms with Gasteiger partial charge in [-0.25, -0.2) is 0 Å². The molecular weight excluding hydrogens is 288 g/mol. The van der Waals surface area contributed by atoms with Crippen molar-refractivity contribution in [1.29, 1.82) is 5.26 Å². The Hall–Kier alpha value is -3.06. The third-order valence-corrected chi connectivity index (χ3v) is 3.40. The molecule has 0 bridgehead atoms. The van der Waals surface area contributed by atoms with Crippen molar-refractivity contribution in [2.75, 3.05) is 12.4 Å². The minimum Gasteiger partial charge on any atom is -0.496 e. The number of ether oxygens (including phenoxy) is 1. The zero-order chi connectivity index (χ0) is 16.7. The number of benzene rings is 2. The van der Waals surface area contributed by atoms with Gasteiger partial charge in [0.15, 0.2) is 0 Å². The van der Waals surface area contributed by atoms with E-state index >= 15 is 0 Å². The van der Waals surface area contributed by atoms with E-state index in [1.54, 1.807) is 25.3 Å². The number of anilines is 1. The Balaban J connectivity index is 2.31. The largest absolute Gasteiger partial charge is 0.496 e. The summed E-state index contributed by atoms with van der Waals surface area (Å²) in [5, 5.41) is 12.0. The molecule has 1 N–H and O–H groups in total. The number of hydrogen-bond donors (Lipinski definition) is 1. The normalized spacial score (nSPS) is 10.7. The Labute approximate surface area is 136 Å². The molecule has 0 fully saturated rings. The van der Waals surface area contributed by atoms with Gasteiger partial charge in [-0.2, -0.15) is 5.26 Å². The van der Waals surface area contributed by atoms with E-state index in [9.17, 15) is 10.1 Å². The molecule has 2 aromatic carbocycles. The molecule has 4 nitrogen and oxygen atoms in total. The predicted molar refractivity (Wildman–Crippen MR) is 91.0 cm³/mol. The summed E-state index contributed by atoms with van der Waals surface area (Å²) in [5.74, 6) is 0.185. The summed E-state index contributed by atoms with van der Waals surface area (Å²) in [5.41, 5.74) is 2.50. The summed E-state index contributed by atoms with van der Waals surface area (Å²) in [6.07, 6.45) is 2.42. The summed E-state index contributed by atoms with van der Waals surface area (Å²) in [6.45, 7) is 2.04. The quantitative estimate of drug-likeness (QED) is 0.675. The highest BCUT2D eigenvalue weighted by atomic mass is 16.5. The van der Waals surface area contributed by atoms with Crippen molar-refractivity contribution >= 4 is 17.7 Å². The molecule has 0 aromatic heterocycles. The molecule has 0 atom stereocenters. The Bertz CT molecular complexity index is 759. The van der Waals surface area contributed by atoms with Crippen LogP contribution in [0.25, 0.3) is 6.08 Å². The van der Waals surface area contributed by atoms with E-state index in [4.69, 9.17) is 4.74 Å². The second-order valence-corrected chi connectivity index (χ2v) is 4.92. The molecule has 116 valence electrons. The molecule has 0 saturated carbocycles. The molecule has 0 unspecified atom stereocenters. The van der Waals surface area contributed by atoms with Gasteiger partial charge in [0, 0.05) is 11.3 Å². The standard InChI is InChI=1S/C19H18N2O2/c1-3-14-9-10-18(23-2)15(11-14)12-16(13-20)19(22)21-17-7-5-4-6-8-17/h4-12H,3H2,1-2H3,(H,21,22)/b16-12+. The van der Waals surface area contributed by atoms with Crippen molar-refractivity contribution < 1.29 is 9.53 Å². The van der Waals surface area contributed by atoms with Crippen molar-refractivity contribution in [3.05, 3.63) is 65.2 Å². The topological polar surface area (TPSA) is 62.1 Å². The first-order valence-corrected chi connectivity index (χ1v) is 7.33. The number of para-hydroxylation sites is 1. The van der Waals surface area contributed by atoms with Crippen LogP contribution in [0.1, 0.15) is 18.1 Å². The van der Waals surface area contributed by atoms with Gasteiger partial charge in [0.2, 0.25) is 0 Å². The maximum atomic E-state index is 12.3. The zero-order valence-corrected chi connectivity index (χ0v) is 13.2. The average Bonchev–Trinajstić information content (AvgIpc) is 2.60. The number of hydrogen-bond acceptors (Lipinski definition) is 3. The van der Waals surface area contributed by atoms with E-state index < -0.39 is 5.91 Å². The summed E-state index contributed by atoms with van der Waals surface area (Å²) in [4.78, 5) is 12.3. The van der Waals surface area contributed by atoms with Crippen LogP contribution in [0.5, 0.6) is 5.75 Å². The Morgan fingerprint density at radius 1 is 1.26 bits per heavy atom. The second-order valence-electron chi connectivity index (χ2n) is 4.92. The van der Waals surface area contributed by atoms with Gasteiger partial charge >= 0.3 is 0 Å². The molecule has 0 radical (unpaired) electrons. The number of aryl methyl sites for hydroxylation is 1.